The van der Waals surface area contributed by atoms with E-state index in [0.717, 1.165) is 48.5 Å². The van der Waals surface area contributed by atoms with Gasteiger partial charge < -0.3 is 14.5 Å². The molecule has 2 aliphatic heterocycles. The van der Waals surface area contributed by atoms with Crippen LogP contribution in [0, 0.1) is 0 Å². The van der Waals surface area contributed by atoms with Crippen molar-refractivity contribution in [2.45, 2.75) is 32.3 Å². The summed E-state index contributed by atoms with van der Waals surface area (Å²) >= 11 is 0. The second-order valence-corrected chi connectivity index (χ2v) is 7.21. The Morgan fingerprint density at radius 3 is 2.93 bits per heavy atom. The SMILES string of the molecule is CC=CN1CC[C@@H](Oc2cncc(-c3ccc4c(c3)CCC(=O)N4C)c2)C1. The standard InChI is InChI=1S/C22H25N3O2/c1-3-9-25-10-8-19(15-25)27-20-12-18(13-23-14-20)16-4-6-21-17(11-16)5-7-22(26)24(21)2/h3-4,6,9,11-14,19H,5,7-8,10,15H2,1-2H3/t19-/m1/s1. The maximum atomic E-state index is 11.9. The first-order valence-electron chi connectivity index (χ1n) is 9.52. The number of fused-ring (bicyclic) bond motifs is 1. The van der Waals surface area contributed by atoms with Crippen molar-refractivity contribution in [2.24, 2.45) is 0 Å². The predicted octanol–water partition coefficient (Wildman–Crippen LogP) is 3.64. The average molecular weight is 363 g/mol. The molecule has 1 aromatic heterocycles. The van der Waals surface area contributed by atoms with Crippen LogP contribution in [0.3, 0.4) is 0 Å². The third kappa shape index (κ3) is 3.68. The minimum Gasteiger partial charge on any atom is -0.487 e. The normalized spacial score (nSPS) is 19.6. The molecule has 0 unspecified atom stereocenters. The number of aromatic nitrogens is 1. The molecular formula is C22H25N3O2. The van der Waals surface area contributed by atoms with E-state index in [-0.39, 0.29) is 12.0 Å². The number of carbonyl (C=O) groups is 1. The molecule has 140 valence electrons. The van der Waals surface area contributed by atoms with Crippen molar-refractivity contribution in [2.75, 3.05) is 25.0 Å². The molecule has 0 spiro atoms. The van der Waals surface area contributed by atoms with Crippen molar-refractivity contribution < 1.29 is 9.53 Å². The lowest BCUT2D eigenvalue weighted by atomic mass is 9.97. The maximum absolute atomic E-state index is 11.9. The number of rotatable bonds is 4. The van der Waals surface area contributed by atoms with Crippen LogP contribution >= 0.6 is 0 Å². The van der Waals surface area contributed by atoms with E-state index in [1.54, 1.807) is 11.1 Å². The molecule has 27 heavy (non-hydrogen) atoms. The fraction of sp³-hybridized carbons (Fsp3) is 0.364. The Bertz CT molecular complexity index is 878. The summed E-state index contributed by atoms with van der Waals surface area (Å²) in [5.74, 6) is 0.987. The van der Waals surface area contributed by atoms with Crippen LogP contribution in [0.4, 0.5) is 5.69 Å². The van der Waals surface area contributed by atoms with Crippen molar-refractivity contribution in [1.29, 1.82) is 0 Å². The zero-order valence-corrected chi connectivity index (χ0v) is 15.9. The smallest absolute Gasteiger partial charge is 0.227 e. The van der Waals surface area contributed by atoms with E-state index in [0.29, 0.717) is 6.42 Å². The lowest BCUT2D eigenvalue weighted by molar-refractivity contribution is -0.118. The zero-order valence-electron chi connectivity index (χ0n) is 15.9. The summed E-state index contributed by atoms with van der Waals surface area (Å²) in [4.78, 5) is 20.3. The Morgan fingerprint density at radius 1 is 1.19 bits per heavy atom. The summed E-state index contributed by atoms with van der Waals surface area (Å²) < 4.78 is 6.17. The average Bonchev–Trinajstić information content (AvgIpc) is 3.12. The van der Waals surface area contributed by atoms with Crippen LogP contribution in [0.15, 0.2) is 48.9 Å². The van der Waals surface area contributed by atoms with Gasteiger partial charge in [0.2, 0.25) is 5.91 Å². The largest absolute Gasteiger partial charge is 0.487 e. The Balaban J connectivity index is 1.52. The fourth-order valence-electron chi connectivity index (χ4n) is 3.87. The summed E-state index contributed by atoms with van der Waals surface area (Å²) in [6.07, 6.45) is 10.4. The van der Waals surface area contributed by atoms with E-state index in [2.05, 4.69) is 40.4 Å². The number of hydrogen-bond donors (Lipinski definition) is 0. The van der Waals surface area contributed by atoms with E-state index in [1.807, 2.05) is 26.2 Å². The first kappa shape index (κ1) is 17.6. The van der Waals surface area contributed by atoms with Gasteiger partial charge in [-0.3, -0.25) is 9.78 Å². The van der Waals surface area contributed by atoms with Crippen molar-refractivity contribution in [3.63, 3.8) is 0 Å². The molecule has 1 atom stereocenters. The number of nitrogens with zero attached hydrogens (tertiary/aromatic N) is 3. The van der Waals surface area contributed by atoms with E-state index < -0.39 is 0 Å². The first-order valence-corrected chi connectivity index (χ1v) is 9.52. The van der Waals surface area contributed by atoms with E-state index in [1.165, 1.54) is 5.56 Å². The minimum atomic E-state index is 0.177. The summed E-state index contributed by atoms with van der Waals surface area (Å²) in [6, 6.07) is 8.31. The van der Waals surface area contributed by atoms with Crippen molar-refractivity contribution >= 4 is 11.6 Å². The number of ether oxygens (including phenoxy) is 1. The summed E-state index contributed by atoms with van der Waals surface area (Å²) in [5.41, 5.74) is 4.36. The van der Waals surface area contributed by atoms with Gasteiger partial charge in [-0.15, -0.1) is 0 Å². The Hall–Kier alpha value is -2.82. The number of likely N-dealkylation sites (tertiary alicyclic amines) is 1. The molecule has 0 saturated carbocycles. The highest BCUT2D eigenvalue weighted by molar-refractivity contribution is 5.96. The molecular weight excluding hydrogens is 338 g/mol. The highest BCUT2D eigenvalue weighted by Crippen LogP contribution is 2.32. The molecule has 1 saturated heterocycles. The van der Waals surface area contributed by atoms with E-state index >= 15 is 0 Å². The molecule has 5 nitrogen and oxygen atoms in total. The van der Waals surface area contributed by atoms with Gasteiger partial charge in [0.05, 0.1) is 12.7 Å². The van der Waals surface area contributed by atoms with E-state index in [9.17, 15) is 4.79 Å². The number of hydrogen-bond acceptors (Lipinski definition) is 4. The van der Waals surface area contributed by atoms with Gasteiger partial charge in [0.25, 0.3) is 0 Å². The summed E-state index contributed by atoms with van der Waals surface area (Å²) in [7, 11) is 1.84. The van der Waals surface area contributed by atoms with Gasteiger partial charge in [0, 0.05) is 43.9 Å². The van der Waals surface area contributed by atoms with Crippen molar-refractivity contribution in [3.8, 4) is 16.9 Å². The number of amides is 1. The Labute approximate surface area is 160 Å². The second-order valence-electron chi connectivity index (χ2n) is 7.21. The molecule has 0 aliphatic carbocycles. The third-order valence-electron chi connectivity index (χ3n) is 5.31. The zero-order chi connectivity index (χ0) is 18.8. The molecule has 1 aromatic carbocycles. The van der Waals surface area contributed by atoms with Crippen LogP contribution in [0.5, 0.6) is 5.75 Å². The highest BCUT2D eigenvalue weighted by atomic mass is 16.5. The number of anilines is 1. The van der Waals surface area contributed by atoms with Gasteiger partial charge in [0.1, 0.15) is 11.9 Å². The Kier molecular flexibility index (Phi) is 4.84. The molecule has 2 aliphatic rings. The number of carbonyl (C=O) groups excluding carboxylic acids is 1. The monoisotopic (exact) mass is 363 g/mol. The van der Waals surface area contributed by atoms with Gasteiger partial charge in [0.15, 0.2) is 0 Å². The molecule has 4 rings (SSSR count). The lowest BCUT2D eigenvalue weighted by Gasteiger charge is -2.26. The molecule has 5 heteroatoms. The molecule has 0 N–H and O–H groups in total. The molecule has 3 heterocycles. The number of pyridine rings is 1. The van der Waals surface area contributed by atoms with Crippen molar-refractivity contribution in [1.82, 2.24) is 9.88 Å². The minimum absolute atomic E-state index is 0.177. The Morgan fingerprint density at radius 2 is 2.07 bits per heavy atom. The lowest BCUT2D eigenvalue weighted by Crippen LogP contribution is -2.30. The number of aryl methyl sites for hydroxylation is 1. The number of allylic oxidation sites excluding steroid dienone is 1. The predicted molar refractivity (Wildman–Crippen MR) is 107 cm³/mol. The highest BCUT2D eigenvalue weighted by Gasteiger charge is 2.23. The van der Waals surface area contributed by atoms with Crippen LogP contribution in [0.2, 0.25) is 0 Å². The van der Waals surface area contributed by atoms with E-state index in [4.69, 9.17) is 4.74 Å². The summed E-state index contributed by atoms with van der Waals surface area (Å²) in [6.45, 7) is 3.97. The fourth-order valence-corrected chi connectivity index (χ4v) is 3.87. The molecule has 1 amide bonds. The van der Waals surface area contributed by atoms with Gasteiger partial charge in [-0.2, -0.15) is 0 Å². The maximum Gasteiger partial charge on any atom is 0.227 e. The topological polar surface area (TPSA) is 45.7 Å². The van der Waals surface area contributed by atoms with Crippen LogP contribution in [0.25, 0.3) is 11.1 Å². The van der Waals surface area contributed by atoms with Gasteiger partial charge in [-0.1, -0.05) is 12.1 Å². The van der Waals surface area contributed by atoms with Crippen LogP contribution in [-0.2, 0) is 11.2 Å². The molecule has 1 fully saturated rings. The summed E-state index contributed by atoms with van der Waals surface area (Å²) in [5, 5.41) is 0. The molecule has 0 bridgehead atoms. The van der Waals surface area contributed by atoms with Gasteiger partial charge in [-0.05, 0) is 48.9 Å². The van der Waals surface area contributed by atoms with Crippen molar-refractivity contribution in [3.05, 3.63) is 54.5 Å². The molecule has 0 radical (unpaired) electrons. The van der Waals surface area contributed by atoms with Crippen LogP contribution < -0.4 is 9.64 Å². The third-order valence-corrected chi connectivity index (χ3v) is 5.31. The van der Waals surface area contributed by atoms with Crippen LogP contribution in [-0.4, -0.2) is 42.0 Å². The van der Waals surface area contributed by atoms with Gasteiger partial charge in [-0.25, -0.2) is 0 Å². The first-order chi connectivity index (χ1) is 13.1. The second kappa shape index (κ2) is 7.43. The van der Waals surface area contributed by atoms with Crippen LogP contribution in [0.1, 0.15) is 25.3 Å². The quantitative estimate of drug-likeness (QED) is 0.832. The van der Waals surface area contributed by atoms with Gasteiger partial charge >= 0.3 is 0 Å². The number of benzene rings is 1. The molecule has 2 aromatic rings.